The number of carbonyl (C=O) groups is 1. The standard InChI is InChI=1S/C47H48F3N7O6S/c1-26-32(33-7-5-9-37(27(33)2)53-43-40-29(12-17-51-43)20-28(22-52-40)23-56-18-14-31(58)25-56)6-4-8-34(26)45-54-38-21-36-35(41(42(38)62-45)63-47(48,49)50)10-11-39(36)57-19-13-30(24-57)44(59)55-64(60,61)46(3)15-16-46/h4-9,12,17,20-22,30-31,39,58H,10-11,13-16,18-19,23-25H2,1-3H3,(H,51,53)(H,55,59)/t30-,31-,39-/m1/s1. The van der Waals surface area contributed by atoms with E-state index in [0.717, 1.165) is 57.4 Å². The van der Waals surface area contributed by atoms with E-state index >= 15 is 0 Å². The third-order valence-corrected chi connectivity index (χ3v) is 15.8. The maximum atomic E-state index is 14.1. The number of aromatic nitrogens is 3. The number of nitrogens with one attached hydrogen (secondary N) is 2. The average molecular weight is 896 g/mol. The van der Waals surface area contributed by atoms with Gasteiger partial charge in [-0.1, -0.05) is 24.3 Å². The predicted molar refractivity (Wildman–Crippen MR) is 235 cm³/mol. The quantitative estimate of drug-likeness (QED) is 0.114. The van der Waals surface area contributed by atoms with E-state index < -0.39 is 38.7 Å². The number of β-amino-alcohol motifs (C(OH)–C–C–N with tert-alkyl or cyclic N) is 1. The number of amides is 1. The number of hydrogen-bond acceptors (Lipinski definition) is 12. The van der Waals surface area contributed by atoms with Gasteiger partial charge in [0.25, 0.3) is 0 Å². The molecule has 1 amide bonds. The molecule has 1 saturated carbocycles. The monoisotopic (exact) mass is 895 g/mol. The van der Waals surface area contributed by atoms with Gasteiger partial charge in [0, 0.05) is 66.8 Å². The maximum absolute atomic E-state index is 14.1. The molecular weight excluding hydrogens is 848 g/mol. The van der Waals surface area contributed by atoms with Gasteiger partial charge in [-0.25, -0.2) is 18.4 Å². The molecule has 6 aromatic rings. The molecule has 3 fully saturated rings. The van der Waals surface area contributed by atoms with Crippen molar-refractivity contribution in [2.45, 2.75) is 89.1 Å². The molecule has 13 nitrogen and oxygen atoms in total. The minimum atomic E-state index is -5.00. The van der Waals surface area contributed by atoms with Crippen LogP contribution in [-0.2, 0) is 27.8 Å². The molecule has 3 N–H and O–H groups in total. The van der Waals surface area contributed by atoms with Gasteiger partial charge in [-0.2, -0.15) is 0 Å². The van der Waals surface area contributed by atoms with Gasteiger partial charge in [0.1, 0.15) is 11.0 Å². The van der Waals surface area contributed by atoms with Crippen LogP contribution in [0.3, 0.4) is 0 Å². The Morgan fingerprint density at radius 2 is 1.75 bits per heavy atom. The lowest BCUT2D eigenvalue weighted by Gasteiger charge is -2.25. The number of alkyl halides is 3. The number of fused-ring (bicyclic) bond motifs is 3. The zero-order valence-electron chi connectivity index (χ0n) is 35.6. The van der Waals surface area contributed by atoms with Crippen molar-refractivity contribution in [3.8, 4) is 28.3 Å². The predicted octanol–water partition coefficient (Wildman–Crippen LogP) is 8.24. The fraction of sp³-hybridized carbons (Fsp3) is 0.404. The van der Waals surface area contributed by atoms with E-state index in [4.69, 9.17) is 19.1 Å². The summed E-state index contributed by atoms with van der Waals surface area (Å²) in [7, 11) is -3.80. The van der Waals surface area contributed by atoms with Gasteiger partial charge in [-0.3, -0.25) is 24.3 Å². The summed E-state index contributed by atoms with van der Waals surface area (Å²) >= 11 is 0. The minimum absolute atomic E-state index is 0.102. The number of sulfonamides is 1. The highest BCUT2D eigenvalue weighted by Gasteiger charge is 2.51. The summed E-state index contributed by atoms with van der Waals surface area (Å²) in [6, 6.07) is 17.1. The van der Waals surface area contributed by atoms with Gasteiger partial charge >= 0.3 is 6.36 Å². The molecule has 0 bridgehead atoms. The smallest absolute Gasteiger partial charge is 0.432 e. The number of nitrogens with zero attached hydrogens (tertiary/aromatic N) is 5. The van der Waals surface area contributed by atoms with Crippen molar-refractivity contribution >= 4 is 49.4 Å². The highest BCUT2D eigenvalue weighted by Crippen LogP contribution is 2.49. The highest BCUT2D eigenvalue weighted by molar-refractivity contribution is 7.91. The van der Waals surface area contributed by atoms with Gasteiger partial charge in [-0.15, -0.1) is 13.2 Å². The van der Waals surface area contributed by atoms with E-state index in [1.165, 1.54) is 0 Å². The number of carbonyl (C=O) groups excluding carboxylic acids is 1. The van der Waals surface area contributed by atoms with Crippen LogP contribution in [0.4, 0.5) is 24.7 Å². The zero-order valence-corrected chi connectivity index (χ0v) is 36.4. The number of benzene rings is 3. The van der Waals surface area contributed by atoms with Crippen molar-refractivity contribution in [1.29, 1.82) is 0 Å². The van der Waals surface area contributed by atoms with Crippen LogP contribution < -0.4 is 14.8 Å². The molecule has 17 heteroatoms. The number of hydrogen-bond donors (Lipinski definition) is 3. The molecule has 5 heterocycles. The van der Waals surface area contributed by atoms with Crippen LogP contribution in [0.15, 0.2) is 71.4 Å². The van der Waals surface area contributed by atoms with Gasteiger partial charge in [0.05, 0.1) is 16.8 Å². The minimum Gasteiger partial charge on any atom is -0.432 e. The lowest BCUT2D eigenvalue weighted by Crippen LogP contribution is -2.42. The maximum Gasteiger partial charge on any atom is 0.573 e. The first-order valence-electron chi connectivity index (χ1n) is 21.7. The second-order valence-corrected chi connectivity index (χ2v) is 20.2. The molecule has 3 aromatic carbocycles. The molecule has 4 aliphatic rings. The number of anilines is 2. The topological polar surface area (TPSA) is 163 Å². The van der Waals surface area contributed by atoms with Crippen LogP contribution >= 0.6 is 0 Å². The van der Waals surface area contributed by atoms with Gasteiger partial charge in [0.2, 0.25) is 21.8 Å². The fourth-order valence-electron chi connectivity index (χ4n) is 9.72. The highest BCUT2D eigenvalue weighted by atomic mass is 32.2. The second kappa shape index (κ2) is 15.8. The molecule has 10 rings (SSSR count). The van der Waals surface area contributed by atoms with Gasteiger partial charge in [-0.05, 0) is 130 Å². The Bertz CT molecular complexity index is 2950. The van der Waals surface area contributed by atoms with Crippen molar-refractivity contribution in [3.05, 3.63) is 94.8 Å². The summed E-state index contributed by atoms with van der Waals surface area (Å²) in [4.78, 5) is 31.6. The summed E-state index contributed by atoms with van der Waals surface area (Å²) in [5, 5.41) is 14.4. The molecule has 64 heavy (non-hydrogen) atoms. The van der Waals surface area contributed by atoms with Crippen LogP contribution in [0.1, 0.15) is 72.9 Å². The van der Waals surface area contributed by atoms with E-state index in [1.54, 1.807) is 19.2 Å². The summed E-state index contributed by atoms with van der Waals surface area (Å²) in [6.07, 6.45) is 1.27. The van der Waals surface area contributed by atoms with Crippen molar-refractivity contribution < 1.29 is 40.6 Å². The van der Waals surface area contributed by atoms with Crippen LogP contribution in [0.2, 0.25) is 0 Å². The number of aliphatic hydroxyl groups is 1. The summed E-state index contributed by atoms with van der Waals surface area (Å²) < 4.78 is 80.2. The molecule has 2 aliphatic heterocycles. The van der Waals surface area contributed by atoms with E-state index in [-0.39, 0.29) is 42.1 Å². The first-order chi connectivity index (χ1) is 30.5. The van der Waals surface area contributed by atoms with Crippen LogP contribution in [-0.4, -0.2) is 87.6 Å². The van der Waals surface area contributed by atoms with Crippen LogP contribution in [0.5, 0.6) is 5.75 Å². The summed E-state index contributed by atoms with van der Waals surface area (Å²) in [6.45, 7) is 8.50. The SMILES string of the molecule is Cc1c(Nc2nccc3cc(CN4CC[C@@H](O)C4)cnc23)cccc1-c1cccc(-c2nc3cc4c(c(OC(F)(F)F)c3o2)CC[C@H]4N2CC[C@@H](C(=O)NS(=O)(=O)C3(C)CC3)C2)c1C. The molecule has 0 radical (unpaired) electrons. The van der Waals surface area contributed by atoms with Crippen molar-refractivity contribution in [2.75, 3.05) is 31.5 Å². The van der Waals surface area contributed by atoms with Gasteiger partial charge in [0.15, 0.2) is 17.2 Å². The van der Waals surface area contributed by atoms with E-state index in [2.05, 4.69) is 26.0 Å². The number of likely N-dealkylation sites (tertiary alicyclic amines) is 2. The van der Waals surface area contributed by atoms with E-state index in [0.29, 0.717) is 67.8 Å². The Labute approximate surface area is 368 Å². The van der Waals surface area contributed by atoms with Crippen molar-refractivity contribution in [1.82, 2.24) is 29.5 Å². The summed E-state index contributed by atoms with van der Waals surface area (Å²) in [5.41, 5.74) is 7.85. The lowest BCUT2D eigenvalue weighted by atomic mass is 9.93. The second-order valence-electron chi connectivity index (χ2n) is 18.0. The largest absolute Gasteiger partial charge is 0.573 e. The van der Waals surface area contributed by atoms with Crippen molar-refractivity contribution in [2.24, 2.45) is 5.92 Å². The number of aliphatic hydroxyl groups excluding tert-OH is 1. The molecule has 0 spiro atoms. The number of oxazole rings is 1. The number of halogens is 3. The average Bonchev–Trinajstić information content (AvgIpc) is 3.71. The molecule has 0 unspecified atom stereocenters. The molecule has 2 aliphatic carbocycles. The third kappa shape index (κ3) is 7.85. The van der Waals surface area contributed by atoms with E-state index in [9.17, 15) is 31.5 Å². The Morgan fingerprint density at radius 1 is 0.984 bits per heavy atom. The normalized spacial score (nSPS) is 21.1. The first-order valence-corrected chi connectivity index (χ1v) is 23.2. The molecule has 2 saturated heterocycles. The van der Waals surface area contributed by atoms with Crippen LogP contribution in [0, 0.1) is 19.8 Å². The van der Waals surface area contributed by atoms with Gasteiger partial charge < -0.3 is 19.6 Å². The Kier molecular flexibility index (Phi) is 10.5. The first kappa shape index (κ1) is 42.3. The lowest BCUT2D eigenvalue weighted by molar-refractivity contribution is -0.274. The zero-order chi connectivity index (χ0) is 44.7. The van der Waals surface area contributed by atoms with Crippen LogP contribution in [0.25, 0.3) is 44.6 Å². The molecule has 334 valence electrons. The Hall–Kier alpha value is -5.62. The Balaban J connectivity index is 0.929. The molecule has 3 aromatic heterocycles. The summed E-state index contributed by atoms with van der Waals surface area (Å²) in [5.74, 6) is -0.795. The van der Waals surface area contributed by atoms with Crippen molar-refractivity contribution in [3.63, 3.8) is 0 Å². The number of ether oxygens (including phenoxy) is 1. The Morgan fingerprint density at radius 3 is 2.50 bits per heavy atom. The third-order valence-electron chi connectivity index (χ3n) is 13.6. The fourth-order valence-corrected chi connectivity index (χ4v) is 11.0. The molecular formula is C47H48F3N7O6S. The number of pyridine rings is 2. The number of rotatable bonds is 11. The molecule has 3 atom stereocenters. The van der Waals surface area contributed by atoms with E-state index in [1.807, 2.05) is 67.4 Å².